The Labute approximate surface area is 114 Å². The number of aromatic nitrogens is 1. The molecule has 0 unspecified atom stereocenters. The number of ether oxygens (including phenoxy) is 1. The zero-order valence-corrected chi connectivity index (χ0v) is 11.6. The molecular formula is C11H7Br2FN2O. The second-order valence-corrected chi connectivity index (χ2v) is 4.91. The van der Waals surface area contributed by atoms with Crippen LogP contribution in [-0.2, 0) is 0 Å². The number of hydrogen-bond acceptors (Lipinski definition) is 3. The molecule has 0 amide bonds. The standard InChI is InChI=1S/C11H7Br2FN2O/c12-6-4-7(14)11(16-5-6)17-9-3-1-2-8(15)10(9)13/h1-5H,15H2. The SMILES string of the molecule is Nc1cccc(Oc2ncc(Br)cc2F)c1Br. The van der Waals surface area contributed by atoms with Gasteiger partial charge in [-0.25, -0.2) is 9.37 Å². The van der Waals surface area contributed by atoms with Crippen LogP contribution in [0.25, 0.3) is 0 Å². The lowest BCUT2D eigenvalue weighted by atomic mass is 10.3. The van der Waals surface area contributed by atoms with Crippen LogP contribution in [0.15, 0.2) is 39.4 Å². The summed E-state index contributed by atoms with van der Waals surface area (Å²) < 4.78 is 20.0. The quantitative estimate of drug-likeness (QED) is 0.818. The van der Waals surface area contributed by atoms with Crippen molar-refractivity contribution in [2.75, 3.05) is 5.73 Å². The molecule has 17 heavy (non-hydrogen) atoms. The molecule has 0 bridgehead atoms. The third-order valence-corrected chi connectivity index (χ3v) is 3.26. The molecule has 88 valence electrons. The summed E-state index contributed by atoms with van der Waals surface area (Å²) in [5.41, 5.74) is 6.20. The fourth-order valence-corrected chi connectivity index (χ4v) is 1.84. The van der Waals surface area contributed by atoms with Gasteiger partial charge in [0.15, 0.2) is 5.82 Å². The van der Waals surface area contributed by atoms with Gasteiger partial charge in [-0.2, -0.15) is 0 Å². The van der Waals surface area contributed by atoms with E-state index in [1.807, 2.05) is 0 Å². The van der Waals surface area contributed by atoms with E-state index in [4.69, 9.17) is 10.5 Å². The van der Waals surface area contributed by atoms with Crippen molar-refractivity contribution in [3.63, 3.8) is 0 Å². The maximum atomic E-state index is 13.5. The van der Waals surface area contributed by atoms with Crippen LogP contribution < -0.4 is 10.5 Å². The number of pyridine rings is 1. The summed E-state index contributed by atoms with van der Waals surface area (Å²) in [7, 11) is 0. The van der Waals surface area contributed by atoms with Gasteiger partial charge in [0.2, 0.25) is 0 Å². The highest BCUT2D eigenvalue weighted by Gasteiger charge is 2.10. The van der Waals surface area contributed by atoms with E-state index < -0.39 is 5.82 Å². The summed E-state index contributed by atoms with van der Waals surface area (Å²) in [5.74, 6) is -0.230. The summed E-state index contributed by atoms with van der Waals surface area (Å²) in [4.78, 5) is 3.84. The van der Waals surface area contributed by atoms with E-state index in [2.05, 4.69) is 36.8 Å². The first-order valence-corrected chi connectivity index (χ1v) is 6.19. The molecule has 0 spiro atoms. The number of hydrogen-bond donors (Lipinski definition) is 1. The first kappa shape index (κ1) is 12.3. The molecule has 2 rings (SSSR count). The number of nitrogens with two attached hydrogens (primary N) is 1. The predicted octanol–water partition coefficient (Wildman–Crippen LogP) is 4.12. The molecule has 3 nitrogen and oxygen atoms in total. The number of nitrogen functional groups attached to an aromatic ring is 1. The highest BCUT2D eigenvalue weighted by atomic mass is 79.9. The Balaban J connectivity index is 2.35. The van der Waals surface area contributed by atoms with E-state index in [9.17, 15) is 4.39 Å². The monoisotopic (exact) mass is 360 g/mol. The van der Waals surface area contributed by atoms with Crippen molar-refractivity contribution in [3.05, 3.63) is 45.2 Å². The Kier molecular flexibility index (Phi) is 3.63. The first-order chi connectivity index (χ1) is 8.08. The van der Waals surface area contributed by atoms with E-state index in [1.165, 1.54) is 12.3 Å². The summed E-state index contributed by atoms with van der Waals surface area (Å²) in [6.07, 6.45) is 1.46. The van der Waals surface area contributed by atoms with Gasteiger partial charge >= 0.3 is 0 Å². The molecule has 2 aromatic rings. The molecule has 0 radical (unpaired) electrons. The Morgan fingerprint density at radius 3 is 2.76 bits per heavy atom. The summed E-state index contributed by atoms with van der Waals surface area (Å²) in [6, 6.07) is 6.38. The van der Waals surface area contributed by atoms with Gasteiger partial charge in [0.1, 0.15) is 5.75 Å². The van der Waals surface area contributed by atoms with Crippen molar-refractivity contribution in [3.8, 4) is 11.6 Å². The molecule has 0 atom stereocenters. The molecule has 1 aromatic heterocycles. The average Bonchev–Trinajstić information content (AvgIpc) is 2.28. The molecule has 0 aliphatic heterocycles. The molecule has 0 saturated heterocycles. The summed E-state index contributed by atoms with van der Waals surface area (Å²) in [5, 5.41) is 0. The van der Waals surface area contributed by atoms with E-state index >= 15 is 0 Å². The van der Waals surface area contributed by atoms with Crippen molar-refractivity contribution in [1.29, 1.82) is 0 Å². The van der Waals surface area contributed by atoms with E-state index in [1.54, 1.807) is 18.2 Å². The zero-order valence-electron chi connectivity index (χ0n) is 8.45. The maximum absolute atomic E-state index is 13.5. The van der Waals surface area contributed by atoms with Gasteiger partial charge in [-0.3, -0.25) is 0 Å². The predicted molar refractivity (Wildman–Crippen MR) is 70.5 cm³/mol. The molecule has 6 heteroatoms. The number of nitrogens with zero attached hydrogens (tertiary/aromatic N) is 1. The third-order valence-electron chi connectivity index (χ3n) is 1.97. The first-order valence-electron chi connectivity index (χ1n) is 4.61. The Morgan fingerprint density at radius 2 is 2.06 bits per heavy atom. The highest BCUT2D eigenvalue weighted by Crippen LogP contribution is 2.34. The van der Waals surface area contributed by atoms with E-state index in [0.717, 1.165) is 0 Å². The van der Waals surface area contributed by atoms with Crippen molar-refractivity contribution in [2.45, 2.75) is 0 Å². The zero-order chi connectivity index (χ0) is 12.4. The fraction of sp³-hybridized carbons (Fsp3) is 0. The lowest BCUT2D eigenvalue weighted by molar-refractivity contribution is 0.420. The van der Waals surface area contributed by atoms with E-state index in [-0.39, 0.29) is 5.88 Å². The number of anilines is 1. The van der Waals surface area contributed by atoms with Crippen LogP contribution in [0, 0.1) is 5.82 Å². The number of rotatable bonds is 2. The van der Waals surface area contributed by atoms with Gasteiger partial charge in [-0.1, -0.05) is 6.07 Å². The Hall–Kier alpha value is -1.14. The van der Waals surface area contributed by atoms with Crippen molar-refractivity contribution in [2.24, 2.45) is 0 Å². The topological polar surface area (TPSA) is 48.1 Å². The van der Waals surface area contributed by atoms with Crippen LogP contribution in [0.5, 0.6) is 11.6 Å². The van der Waals surface area contributed by atoms with Crippen molar-refractivity contribution < 1.29 is 9.13 Å². The Bertz CT molecular complexity index is 563. The minimum Gasteiger partial charge on any atom is -0.435 e. The Morgan fingerprint density at radius 1 is 1.29 bits per heavy atom. The average molecular weight is 362 g/mol. The second-order valence-electron chi connectivity index (χ2n) is 3.20. The fourth-order valence-electron chi connectivity index (χ4n) is 1.19. The minimum atomic E-state index is -0.548. The number of halogens is 3. The third kappa shape index (κ3) is 2.76. The molecule has 0 aliphatic carbocycles. The van der Waals surface area contributed by atoms with Crippen LogP contribution in [0.4, 0.5) is 10.1 Å². The van der Waals surface area contributed by atoms with E-state index in [0.29, 0.717) is 20.4 Å². The van der Waals surface area contributed by atoms with Crippen LogP contribution in [-0.4, -0.2) is 4.98 Å². The van der Waals surface area contributed by atoms with Crippen LogP contribution in [0.3, 0.4) is 0 Å². The second kappa shape index (κ2) is 5.01. The van der Waals surface area contributed by atoms with Gasteiger partial charge in [-0.05, 0) is 50.1 Å². The minimum absolute atomic E-state index is 0.0977. The van der Waals surface area contributed by atoms with Gasteiger partial charge in [0.05, 0.1) is 4.47 Å². The molecular weight excluding hydrogens is 355 g/mol. The lowest BCUT2D eigenvalue weighted by Crippen LogP contribution is -1.94. The molecule has 0 saturated carbocycles. The van der Waals surface area contributed by atoms with Crippen molar-refractivity contribution in [1.82, 2.24) is 4.98 Å². The highest BCUT2D eigenvalue weighted by molar-refractivity contribution is 9.11. The molecule has 0 fully saturated rings. The van der Waals surface area contributed by atoms with Gasteiger partial charge in [0.25, 0.3) is 5.88 Å². The number of benzene rings is 1. The van der Waals surface area contributed by atoms with Gasteiger partial charge < -0.3 is 10.5 Å². The molecule has 2 N–H and O–H groups in total. The van der Waals surface area contributed by atoms with Crippen LogP contribution >= 0.6 is 31.9 Å². The van der Waals surface area contributed by atoms with Crippen molar-refractivity contribution >= 4 is 37.5 Å². The molecule has 0 aliphatic rings. The normalized spacial score (nSPS) is 10.3. The summed E-state index contributed by atoms with van der Waals surface area (Å²) in [6.45, 7) is 0. The van der Waals surface area contributed by atoms with Crippen LogP contribution in [0.1, 0.15) is 0 Å². The largest absolute Gasteiger partial charge is 0.435 e. The maximum Gasteiger partial charge on any atom is 0.255 e. The summed E-state index contributed by atoms with van der Waals surface area (Å²) >= 11 is 6.39. The molecule has 1 heterocycles. The molecule has 1 aromatic carbocycles. The van der Waals surface area contributed by atoms with Gasteiger partial charge in [0, 0.05) is 16.4 Å². The smallest absolute Gasteiger partial charge is 0.255 e. The lowest BCUT2D eigenvalue weighted by Gasteiger charge is -2.08. The van der Waals surface area contributed by atoms with Crippen LogP contribution in [0.2, 0.25) is 0 Å². The van der Waals surface area contributed by atoms with Gasteiger partial charge in [-0.15, -0.1) is 0 Å².